The summed E-state index contributed by atoms with van der Waals surface area (Å²) in [6, 6.07) is 0. The minimum absolute atomic E-state index is 0.0172. The summed E-state index contributed by atoms with van der Waals surface area (Å²) in [6.07, 6.45) is 3.89. The first-order chi connectivity index (χ1) is 10.8. The summed E-state index contributed by atoms with van der Waals surface area (Å²) in [4.78, 5) is 14.9. The van der Waals surface area contributed by atoms with Crippen LogP contribution in [0.2, 0.25) is 0 Å². The van der Waals surface area contributed by atoms with Crippen LogP contribution >= 0.6 is 0 Å². The van der Waals surface area contributed by atoms with Gasteiger partial charge in [-0.25, -0.2) is 0 Å². The second-order valence-corrected chi connectivity index (χ2v) is 7.31. The van der Waals surface area contributed by atoms with Crippen LogP contribution in [0, 0.1) is 12.8 Å². The van der Waals surface area contributed by atoms with Gasteiger partial charge in [-0.05, 0) is 40.0 Å². The van der Waals surface area contributed by atoms with Gasteiger partial charge in [-0.3, -0.25) is 4.79 Å². The minimum Gasteiger partial charge on any atom is -0.424 e. The maximum absolute atomic E-state index is 13.1. The topological polar surface area (TPSA) is 68.5 Å². The zero-order chi connectivity index (χ0) is 17.0. The first kappa shape index (κ1) is 17.9. The van der Waals surface area contributed by atoms with Gasteiger partial charge >= 0.3 is 0 Å². The van der Waals surface area contributed by atoms with Crippen LogP contribution in [0.15, 0.2) is 4.42 Å². The molecule has 0 radical (unpaired) electrons. The average Bonchev–Trinajstić information content (AvgIpc) is 2.89. The highest BCUT2D eigenvalue weighted by Gasteiger charge is 2.35. The number of hydrogen-bond donors (Lipinski definition) is 0. The van der Waals surface area contributed by atoms with Crippen molar-refractivity contribution < 1.29 is 13.9 Å². The van der Waals surface area contributed by atoms with Crippen LogP contribution in [-0.4, -0.2) is 39.3 Å². The van der Waals surface area contributed by atoms with E-state index in [2.05, 4.69) is 17.1 Å². The molecule has 1 amide bonds. The van der Waals surface area contributed by atoms with Crippen LogP contribution in [0.1, 0.15) is 65.2 Å². The third-order valence-electron chi connectivity index (χ3n) is 4.26. The Balaban J connectivity index is 2.10. The summed E-state index contributed by atoms with van der Waals surface area (Å²) in [7, 11) is 0. The van der Waals surface area contributed by atoms with Crippen molar-refractivity contribution in [1.82, 2.24) is 15.1 Å². The molecule has 2 rings (SSSR count). The number of nitrogens with zero attached hydrogens (tertiary/aromatic N) is 3. The molecule has 23 heavy (non-hydrogen) atoms. The molecule has 0 bridgehead atoms. The summed E-state index contributed by atoms with van der Waals surface area (Å²) < 4.78 is 11.2. The Morgan fingerprint density at radius 2 is 2.09 bits per heavy atom. The Labute approximate surface area is 138 Å². The summed E-state index contributed by atoms with van der Waals surface area (Å²) in [5.41, 5.74) is -0.294. The van der Waals surface area contributed by atoms with Crippen LogP contribution in [0.5, 0.6) is 0 Å². The third kappa shape index (κ3) is 4.77. The molecule has 1 fully saturated rings. The molecule has 130 valence electrons. The van der Waals surface area contributed by atoms with E-state index in [9.17, 15) is 4.79 Å². The van der Waals surface area contributed by atoms with E-state index in [0.717, 1.165) is 25.7 Å². The maximum Gasteiger partial charge on any atom is 0.235 e. The lowest BCUT2D eigenvalue weighted by molar-refractivity contribution is -0.147. The van der Waals surface area contributed by atoms with Gasteiger partial charge in [-0.1, -0.05) is 13.3 Å². The van der Waals surface area contributed by atoms with Crippen molar-refractivity contribution in [3.8, 4) is 0 Å². The number of aromatic nitrogens is 2. The number of rotatable bonds is 5. The number of hydrogen-bond acceptors (Lipinski definition) is 5. The van der Waals surface area contributed by atoms with Crippen LogP contribution in [0.3, 0.4) is 0 Å². The molecule has 1 saturated heterocycles. The molecule has 0 spiro atoms. The van der Waals surface area contributed by atoms with Gasteiger partial charge in [0.25, 0.3) is 0 Å². The Bertz CT molecular complexity index is 519. The molecule has 6 nitrogen and oxygen atoms in total. The van der Waals surface area contributed by atoms with Crippen molar-refractivity contribution in [3.05, 3.63) is 11.8 Å². The molecular weight excluding hydrogens is 294 g/mol. The number of carbonyl (C=O) groups excluding carboxylic acids is 1. The monoisotopic (exact) mass is 323 g/mol. The maximum atomic E-state index is 13.1. The van der Waals surface area contributed by atoms with E-state index in [0.29, 0.717) is 24.9 Å². The fraction of sp³-hybridized carbons (Fsp3) is 0.824. The number of ether oxygens (including phenoxy) is 1. The Kier molecular flexibility index (Phi) is 5.79. The van der Waals surface area contributed by atoms with E-state index < -0.39 is 0 Å². The first-order valence-electron chi connectivity index (χ1n) is 8.53. The first-order valence-corrected chi connectivity index (χ1v) is 8.53. The van der Waals surface area contributed by atoms with Gasteiger partial charge in [0.2, 0.25) is 17.7 Å². The fourth-order valence-corrected chi connectivity index (χ4v) is 3.03. The van der Waals surface area contributed by atoms with Gasteiger partial charge in [0.05, 0.1) is 12.6 Å². The van der Waals surface area contributed by atoms with E-state index in [1.54, 1.807) is 6.92 Å². The van der Waals surface area contributed by atoms with E-state index in [1.807, 2.05) is 25.7 Å². The lowest BCUT2D eigenvalue weighted by Crippen LogP contribution is -2.49. The smallest absolute Gasteiger partial charge is 0.235 e. The highest BCUT2D eigenvalue weighted by molar-refractivity contribution is 5.79. The summed E-state index contributed by atoms with van der Waals surface area (Å²) >= 11 is 0. The van der Waals surface area contributed by atoms with Crippen molar-refractivity contribution >= 4 is 5.91 Å². The van der Waals surface area contributed by atoms with Crippen LogP contribution in [0.25, 0.3) is 0 Å². The third-order valence-corrected chi connectivity index (χ3v) is 4.26. The SMILES string of the molecule is CCC[C@H]1C[C@H](C(=O)N(Cc2nnc(C)o2)C(C)(C)C)CCO1. The average molecular weight is 323 g/mol. The van der Waals surface area contributed by atoms with E-state index in [-0.39, 0.29) is 23.5 Å². The number of carbonyl (C=O) groups is 1. The van der Waals surface area contributed by atoms with Crippen LogP contribution < -0.4 is 0 Å². The normalized spacial score (nSPS) is 22.1. The van der Waals surface area contributed by atoms with Gasteiger partial charge < -0.3 is 14.1 Å². The Morgan fingerprint density at radius 1 is 1.35 bits per heavy atom. The summed E-state index contributed by atoms with van der Waals surface area (Å²) in [5.74, 6) is 1.19. The van der Waals surface area contributed by atoms with E-state index in [1.165, 1.54) is 0 Å². The molecule has 2 atom stereocenters. The predicted molar refractivity (Wildman–Crippen MR) is 86.7 cm³/mol. The van der Waals surface area contributed by atoms with E-state index in [4.69, 9.17) is 9.15 Å². The molecule has 1 aliphatic heterocycles. The quantitative estimate of drug-likeness (QED) is 0.833. The fourth-order valence-electron chi connectivity index (χ4n) is 3.03. The lowest BCUT2D eigenvalue weighted by atomic mass is 9.90. The van der Waals surface area contributed by atoms with E-state index >= 15 is 0 Å². The van der Waals surface area contributed by atoms with Crippen molar-refractivity contribution in [3.63, 3.8) is 0 Å². The van der Waals surface area contributed by atoms with Gasteiger partial charge in [0, 0.05) is 25.0 Å². The largest absolute Gasteiger partial charge is 0.424 e. The van der Waals surface area contributed by atoms with Crippen molar-refractivity contribution in [2.75, 3.05) is 6.61 Å². The highest BCUT2D eigenvalue weighted by atomic mass is 16.5. The zero-order valence-corrected chi connectivity index (χ0v) is 15.0. The van der Waals surface area contributed by atoms with Gasteiger partial charge in [0.15, 0.2) is 0 Å². The standard InChI is InChI=1S/C17H29N3O3/c1-6-7-14-10-13(8-9-22-14)16(21)20(17(3,4)5)11-15-19-18-12(2)23-15/h13-14H,6-11H2,1-5H3/t13-,14+/m1/s1. The minimum atomic E-state index is -0.294. The van der Waals surface area contributed by atoms with Gasteiger partial charge in [-0.2, -0.15) is 0 Å². The molecule has 1 aliphatic rings. The van der Waals surface area contributed by atoms with Crippen molar-refractivity contribution in [2.45, 2.75) is 78.5 Å². The van der Waals surface area contributed by atoms with Crippen LogP contribution in [-0.2, 0) is 16.1 Å². The lowest BCUT2D eigenvalue weighted by Gasteiger charge is -2.39. The molecule has 1 aromatic heterocycles. The molecule has 0 unspecified atom stereocenters. The second-order valence-electron chi connectivity index (χ2n) is 7.31. The molecule has 0 saturated carbocycles. The molecule has 1 aromatic rings. The predicted octanol–water partition coefficient (Wildman–Crippen LogP) is 3.10. The molecule has 0 N–H and O–H groups in total. The summed E-state index contributed by atoms with van der Waals surface area (Å²) in [6.45, 7) is 11.0. The van der Waals surface area contributed by atoms with Gasteiger partial charge in [-0.15, -0.1) is 10.2 Å². The zero-order valence-electron chi connectivity index (χ0n) is 15.0. The van der Waals surface area contributed by atoms with Crippen molar-refractivity contribution in [1.29, 1.82) is 0 Å². The van der Waals surface area contributed by atoms with Gasteiger partial charge in [0.1, 0.15) is 0 Å². The number of amides is 1. The molecule has 2 heterocycles. The Hall–Kier alpha value is -1.43. The van der Waals surface area contributed by atoms with Crippen molar-refractivity contribution in [2.24, 2.45) is 5.92 Å². The molecule has 0 aliphatic carbocycles. The highest BCUT2D eigenvalue weighted by Crippen LogP contribution is 2.28. The summed E-state index contributed by atoms with van der Waals surface area (Å²) in [5, 5.41) is 7.89. The Morgan fingerprint density at radius 3 is 2.65 bits per heavy atom. The second kappa shape index (κ2) is 7.43. The molecular formula is C17H29N3O3. The number of aryl methyl sites for hydroxylation is 1. The molecule has 6 heteroatoms. The molecule has 0 aromatic carbocycles. The van der Waals surface area contributed by atoms with Crippen LogP contribution in [0.4, 0.5) is 0 Å².